The van der Waals surface area contributed by atoms with E-state index in [-0.39, 0.29) is 12.5 Å². The van der Waals surface area contributed by atoms with Gasteiger partial charge in [-0.2, -0.15) is 0 Å². The summed E-state index contributed by atoms with van der Waals surface area (Å²) in [7, 11) is 3.28. The molecule has 1 aromatic carbocycles. The molecule has 0 fully saturated rings. The molecule has 0 saturated carbocycles. The van der Waals surface area contributed by atoms with E-state index in [1.807, 2.05) is 44.2 Å². The Morgan fingerprint density at radius 1 is 1.33 bits per heavy atom. The van der Waals surface area contributed by atoms with E-state index in [0.717, 1.165) is 28.1 Å². The lowest BCUT2D eigenvalue weighted by molar-refractivity contribution is -0.120. The van der Waals surface area contributed by atoms with Crippen LogP contribution in [0.5, 0.6) is 5.88 Å². The lowest BCUT2D eigenvalue weighted by Crippen LogP contribution is -2.53. The SMILES string of the molecule is COc1nc(C)cc(C)c1CNC(=O)NC1Cc2ccccc2N(C)C1=O. The number of fused-ring (bicyclic) bond motifs is 1. The van der Waals surface area contributed by atoms with Gasteiger partial charge in [-0.05, 0) is 37.1 Å². The van der Waals surface area contributed by atoms with Gasteiger partial charge in [0.15, 0.2) is 0 Å². The largest absolute Gasteiger partial charge is 0.481 e. The van der Waals surface area contributed by atoms with Crippen molar-refractivity contribution in [2.45, 2.75) is 32.9 Å². The average molecular weight is 368 g/mol. The molecule has 2 heterocycles. The van der Waals surface area contributed by atoms with Crippen molar-refractivity contribution in [2.75, 3.05) is 19.1 Å². The van der Waals surface area contributed by atoms with Crippen LogP contribution in [0.3, 0.4) is 0 Å². The van der Waals surface area contributed by atoms with E-state index < -0.39 is 12.1 Å². The fraction of sp³-hybridized carbons (Fsp3) is 0.350. The van der Waals surface area contributed by atoms with Gasteiger partial charge in [0.05, 0.1) is 13.7 Å². The maximum absolute atomic E-state index is 12.5. The Bertz CT molecular complexity index is 882. The number of anilines is 1. The normalized spacial score (nSPS) is 15.9. The number of hydrogen-bond acceptors (Lipinski definition) is 4. The molecule has 0 saturated heterocycles. The standard InChI is InChI=1S/C20H24N4O3/c1-12-9-13(2)22-18(27-4)15(12)11-21-20(26)23-16-10-14-7-5-6-8-17(14)24(3)19(16)25/h5-9,16H,10-11H2,1-4H3,(H2,21,23,26). The highest BCUT2D eigenvalue weighted by atomic mass is 16.5. The highest BCUT2D eigenvalue weighted by molar-refractivity contribution is 6.01. The molecule has 1 unspecified atom stereocenters. The minimum atomic E-state index is -0.593. The van der Waals surface area contributed by atoms with Crippen LogP contribution < -0.4 is 20.3 Å². The lowest BCUT2D eigenvalue weighted by Gasteiger charge is -2.31. The number of aromatic nitrogens is 1. The molecule has 0 spiro atoms. The number of methoxy groups -OCH3 is 1. The minimum Gasteiger partial charge on any atom is -0.481 e. The number of urea groups is 1. The predicted octanol–water partition coefficient (Wildman–Crippen LogP) is 2.09. The Hall–Kier alpha value is -3.09. The third-order valence-corrected chi connectivity index (χ3v) is 4.77. The first-order chi connectivity index (χ1) is 12.9. The third kappa shape index (κ3) is 3.86. The molecule has 1 aliphatic rings. The fourth-order valence-corrected chi connectivity index (χ4v) is 3.37. The van der Waals surface area contributed by atoms with Crippen molar-refractivity contribution < 1.29 is 14.3 Å². The summed E-state index contributed by atoms with van der Waals surface area (Å²) in [6, 6.07) is 8.65. The zero-order chi connectivity index (χ0) is 19.6. The third-order valence-electron chi connectivity index (χ3n) is 4.77. The highest BCUT2D eigenvalue weighted by Crippen LogP contribution is 2.26. The van der Waals surface area contributed by atoms with Gasteiger partial charge in [-0.15, -0.1) is 0 Å². The van der Waals surface area contributed by atoms with Crippen molar-refractivity contribution in [2.24, 2.45) is 0 Å². The molecular weight excluding hydrogens is 344 g/mol. The Morgan fingerprint density at radius 2 is 2.07 bits per heavy atom. The van der Waals surface area contributed by atoms with E-state index in [1.54, 1.807) is 19.1 Å². The van der Waals surface area contributed by atoms with E-state index in [0.29, 0.717) is 12.3 Å². The van der Waals surface area contributed by atoms with Crippen LogP contribution in [0.15, 0.2) is 30.3 Å². The first-order valence-electron chi connectivity index (χ1n) is 8.81. The maximum Gasteiger partial charge on any atom is 0.315 e. The second-order valence-corrected chi connectivity index (χ2v) is 6.68. The summed E-state index contributed by atoms with van der Waals surface area (Å²) < 4.78 is 5.32. The Labute approximate surface area is 158 Å². The molecule has 142 valence electrons. The molecule has 3 amide bonds. The molecule has 27 heavy (non-hydrogen) atoms. The van der Waals surface area contributed by atoms with Crippen molar-refractivity contribution in [3.05, 3.63) is 52.7 Å². The lowest BCUT2D eigenvalue weighted by atomic mass is 9.98. The number of hydrogen-bond donors (Lipinski definition) is 2. The molecule has 7 heteroatoms. The van der Waals surface area contributed by atoms with Crippen LogP contribution in [0.1, 0.15) is 22.4 Å². The minimum absolute atomic E-state index is 0.130. The molecule has 3 rings (SSSR count). The summed E-state index contributed by atoms with van der Waals surface area (Å²) in [6.45, 7) is 4.10. The molecule has 7 nitrogen and oxygen atoms in total. The fourth-order valence-electron chi connectivity index (χ4n) is 3.37. The summed E-state index contributed by atoms with van der Waals surface area (Å²) in [5.74, 6) is 0.366. The number of nitrogens with one attached hydrogen (secondary N) is 2. The average Bonchev–Trinajstić information content (AvgIpc) is 2.64. The van der Waals surface area contributed by atoms with Crippen LogP contribution in [0.4, 0.5) is 10.5 Å². The number of benzene rings is 1. The highest BCUT2D eigenvalue weighted by Gasteiger charge is 2.31. The molecule has 2 aromatic rings. The summed E-state index contributed by atoms with van der Waals surface area (Å²) in [4.78, 5) is 30.8. The summed E-state index contributed by atoms with van der Waals surface area (Å²) in [6.07, 6.45) is 0.473. The van der Waals surface area contributed by atoms with Crippen LogP contribution in [-0.4, -0.2) is 37.1 Å². The number of para-hydroxylation sites is 1. The smallest absolute Gasteiger partial charge is 0.315 e. The number of ether oxygens (including phenoxy) is 1. The molecule has 2 N–H and O–H groups in total. The number of amides is 3. The number of carbonyl (C=O) groups excluding carboxylic acids is 2. The molecule has 0 bridgehead atoms. The predicted molar refractivity (Wildman–Crippen MR) is 103 cm³/mol. The quantitative estimate of drug-likeness (QED) is 0.866. The topological polar surface area (TPSA) is 83.6 Å². The van der Waals surface area contributed by atoms with Gasteiger partial charge in [-0.3, -0.25) is 4.79 Å². The number of rotatable bonds is 4. The van der Waals surface area contributed by atoms with Gasteiger partial charge in [0, 0.05) is 30.4 Å². The number of likely N-dealkylation sites (N-methyl/N-ethyl adjacent to an activating group) is 1. The van der Waals surface area contributed by atoms with Gasteiger partial charge in [0.1, 0.15) is 6.04 Å². The van der Waals surface area contributed by atoms with E-state index >= 15 is 0 Å². The van der Waals surface area contributed by atoms with Crippen molar-refractivity contribution in [1.82, 2.24) is 15.6 Å². The molecule has 1 aromatic heterocycles. The van der Waals surface area contributed by atoms with Crippen molar-refractivity contribution in [3.63, 3.8) is 0 Å². The monoisotopic (exact) mass is 368 g/mol. The Balaban J connectivity index is 1.66. The first kappa shape index (κ1) is 18.7. The van der Waals surface area contributed by atoms with Crippen LogP contribution in [0.2, 0.25) is 0 Å². The van der Waals surface area contributed by atoms with Gasteiger partial charge in [-0.25, -0.2) is 9.78 Å². The Kier molecular flexibility index (Phi) is 5.30. The number of aryl methyl sites for hydroxylation is 2. The van der Waals surface area contributed by atoms with E-state index in [1.165, 1.54) is 0 Å². The summed E-state index contributed by atoms with van der Waals surface area (Å²) in [5.41, 5.74) is 4.57. The molecule has 0 aliphatic carbocycles. The van der Waals surface area contributed by atoms with Gasteiger partial charge in [0.25, 0.3) is 0 Å². The van der Waals surface area contributed by atoms with Crippen LogP contribution in [0.25, 0.3) is 0 Å². The van der Waals surface area contributed by atoms with Crippen molar-refractivity contribution >= 4 is 17.6 Å². The molecule has 1 atom stereocenters. The van der Waals surface area contributed by atoms with Crippen LogP contribution in [-0.2, 0) is 17.8 Å². The van der Waals surface area contributed by atoms with E-state index in [4.69, 9.17) is 4.74 Å². The summed E-state index contributed by atoms with van der Waals surface area (Å²) in [5, 5.41) is 5.58. The van der Waals surface area contributed by atoms with E-state index in [2.05, 4.69) is 15.6 Å². The maximum atomic E-state index is 12.5. The van der Waals surface area contributed by atoms with Gasteiger partial charge in [-0.1, -0.05) is 18.2 Å². The van der Waals surface area contributed by atoms with E-state index in [9.17, 15) is 9.59 Å². The van der Waals surface area contributed by atoms with Crippen molar-refractivity contribution in [3.8, 4) is 5.88 Å². The van der Waals surface area contributed by atoms with Crippen LogP contribution >= 0.6 is 0 Å². The first-order valence-corrected chi connectivity index (χ1v) is 8.81. The van der Waals surface area contributed by atoms with Gasteiger partial charge < -0.3 is 20.3 Å². The number of nitrogens with zero attached hydrogens (tertiary/aromatic N) is 2. The number of pyridine rings is 1. The molecule has 0 radical (unpaired) electrons. The zero-order valence-electron chi connectivity index (χ0n) is 16.0. The van der Waals surface area contributed by atoms with Crippen molar-refractivity contribution in [1.29, 1.82) is 0 Å². The molecular formula is C20H24N4O3. The second-order valence-electron chi connectivity index (χ2n) is 6.68. The second kappa shape index (κ2) is 7.65. The van der Waals surface area contributed by atoms with Gasteiger partial charge >= 0.3 is 6.03 Å². The molecule has 1 aliphatic heterocycles. The van der Waals surface area contributed by atoms with Crippen LogP contribution in [0, 0.1) is 13.8 Å². The zero-order valence-corrected chi connectivity index (χ0v) is 16.0. The number of carbonyl (C=O) groups is 2. The Morgan fingerprint density at radius 3 is 2.81 bits per heavy atom. The van der Waals surface area contributed by atoms with Gasteiger partial charge in [0.2, 0.25) is 11.8 Å². The summed E-state index contributed by atoms with van der Waals surface area (Å²) >= 11 is 0.